The molecule has 0 spiro atoms. The SMILES string of the molecule is NC(=O)C=Cc1ccc(-c2ccc([N+](=O)[O-])cc2)o1. The number of non-ortho nitro benzene ring substituents is 1. The second kappa shape index (κ2) is 5.18. The summed E-state index contributed by atoms with van der Waals surface area (Å²) in [6.07, 6.45) is 2.65. The summed E-state index contributed by atoms with van der Waals surface area (Å²) in [5.41, 5.74) is 5.70. The summed E-state index contributed by atoms with van der Waals surface area (Å²) >= 11 is 0. The van der Waals surface area contributed by atoms with Gasteiger partial charge in [-0.1, -0.05) is 0 Å². The topological polar surface area (TPSA) is 99.4 Å². The quantitative estimate of drug-likeness (QED) is 0.516. The Morgan fingerprint density at radius 3 is 2.47 bits per heavy atom. The molecule has 1 aromatic heterocycles. The van der Waals surface area contributed by atoms with Crippen LogP contribution in [0, 0.1) is 10.1 Å². The molecule has 0 aliphatic rings. The normalized spacial score (nSPS) is 10.7. The second-order valence-electron chi connectivity index (χ2n) is 3.74. The fourth-order valence-corrected chi connectivity index (χ4v) is 1.51. The van der Waals surface area contributed by atoms with Gasteiger partial charge in [-0.2, -0.15) is 0 Å². The van der Waals surface area contributed by atoms with Crippen LogP contribution in [0.1, 0.15) is 5.76 Å². The smallest absolute Gasteiger partial charge is 0.269 e. The number of nitro groups is 1. The van der Waals surface area contributed by atoms with Crippen LogP contribution in [0.3, 0.4) is 0 Å². The van der Waals surface area contributed by atoms with Gasteiger partial charge in [0.2, 0.25) is 5.91 Å². The molecule has 0 aliphatic carbocycles. The molecule has 19 heavy (non-hydrogen) atoms. The third kappa shape index (κ3) is 3.06. The van der Waals surface area contributed by atoms with E-state index < -0.39 is 10.8 Å². The molecule has 96 valence electrons. The minimum absolute atomic E-state index is 0.0177. The molecule has 0 saturated carbocycles. The molecule has 0 unspecified atom stereocenters. The molecule has 0 aliphatic heterocycles. The lowest BCUT2D eigenvalue weighted by atomic mass is 10.1. The van der Waals surface area contributed by atoms with Crippen LogP contribution in [0.2, 0.25) is 0 Å². The molecular weight excluding hydrogens is 248 g/mol. The van der Waals surface area contributed by atoms with Crippen LogP contribution in [0.25, 0.3) is 17.4 Å². The summed E-state index contributed by atoms with van der Waals surface area (Å²) in [5, 5.41) is 10.5. The van der Waals surface area contributed by atoms with Crippen molar-refractivity contribution in [2.45, 2.75) is 0 Å². The average molecular weight is 258 g/mol. The highest BCUT2D eigenvalue weighted by molar-refractivity contribution is 5.89. The van der Waals surface area contributed by atoms with Crippen molar-refractivity contribution in [1.82, 2.24) is 0 Å². The van der Waals surface area contributed by atoms with Gasteiger partial charge >= 0.3 is 0 Å². The lowest BCUT2D eigenvalue weighted by molar-refractivity contribution is -0.384. The predicted molar refractivity (Wildman–Crippen MR) is 69.0 cm³/mol. The van der Waals surface area contributed by atoms with E-state index in [0.29, 0.717) is 17.1 Å². The molecular formula is C13H10N2O4. The average Bonchev–Trinajstić information content (AvgIpc) is 2.85. The third-order valence-electron chi connectivity index (χ3n) is 2.40. The molecule has 0 fully saturated rings. The number of furan rings is 1. The van der Waals surface area contributed by atoms with Gasteiger partial charge in [0.1, 0.15) is 11.5 Å². The highest BCUT2D eigenvalue weighted by atomic mass is 16.6. The zero-order valence-electron chi connectivity index (χ0n) is 9.78. The van der Waals surface area contributed by atoms with Crippen molar-refractivity contribution < 1.29 is 14.1 Å². The summed E-state index contributed by atoms with van der Waals surface area (Å²) in [7, 11) is 0. The van der Waals surface area contributed by atoms with E-state index in [2.05, 4.69) is 0 Å². The Kier molecular flexibility index (Phi) is 3.42. The number of rotatable bonds is 4. The van der Waals surface area contributed by atoms with E-state index in [1.807, 2.05) is 0 Å². The fraction of sp³-hybridized carbons (Fsp3) is 0. The van der Waals surface area contributed by atoms with E-state index in [1.165, 1.54) is 24.3 Å². The number of benzene rings is 1. The van der Waals surface area contributed by atoms with Gasteiger partial charge in [-0.05, 0) is 30.3 Å². The lowest BCUT2D eigenvalue weighted by Crippen LogP contribution is -2.04. The van der Waals surface area contributed by atoms with Crippen LogP contribution in [0.5, 0.6) is 0 Å². The molecule has 1 heterocycles. The molecule has 0 saturated heterocycles. The first-order chi connectivity index (χ1) is 9.06. The Hall–Kier alpha value is -2.89. The Morgan fingerprint density at radius 1 is 1.21 bits per heavy atom. The number of nitrogens with zero attached hydrogens (tertiary/aromatic N) is 1. The number of nitrogens with two attached hydrogens (primary N) is 1. The molecule has 0 bridgehead atoms. The van der Waals surface area contributed by atoms with Crippen LogP contribution in [-0.4, -0.2) is 10.8 Å². The zero-order valence-corrected chi connectivity index (χ0v) is 9.78. The van der Waals surface area contributed by atoms with Crippen molar-refractivity contribution in [1.29, 1.82) is 0 Å². The Balaban J connectivity index is 2.23. The van der Waals surface area contributed by atoms with Crippen molar-refractivity contribution in [2.24, 2.45) is 5.73 Å². The van der Waals surface area contributed by atoms with Crippen molar-refractivity contribution in [3.63, 3.8) is 0 Å². The highest BCUT2D eigenvalue weighted by Gasteiger charge is 2.07. The summed E-state index contributed by atoms with van der Waals surface area (Å²) in [4.78, 5) is 20.6. The number of primary amides is 1. The number of hydrogen-bond acceptors (Lipinski definition) is 4. The largest absolute Gasteiger partial charge is 0.457 e. The van der Waals surface area contributed by atoms with Gasteiger partial charge in [0.25, 0.3) is 5.69 Å². The maximum atomic E-state index is 10.6. The highest BCUT2D eigenvalue weighted by Crippen LogP contribution is 2.24. The summed E-state index contributed by atoms with van der Waals surface area (Å²) in [6, 6.07) is 9.38. The maximum Gasteiger partial charge on any atom is 0.269 e. The number of nitro benzene ring substituents is 1. The van der Waals surface area contributed by atoms with E-state index in [1.54, 1.807) is 24.3 Å². The van der Waals surface area contributed by atoms with Gasteiger partial charge in [-0.15, -0.1) is 0 Å². The molecule has 2 rings (SSSR count). The van der Waals surface area contributed by atoms with Gasteiger partial charge in [0.15, 0.2) is 0 Å². The Morgan fingerprint density at radius 2 is 1.89 bits per heavy atom. The third-order valence-corrected chi connectivity index (χ3v) is 2.40. The molecule has 0 radical (unpaired) electrons. The first kappa shape index (κ1) is 12.6. The maximum absolute atomic E-state index is 10.6. The van der Waals surface area contributed by atoms with E-state index in [0.717, 1.165) is 0 Å². The van der Waals surface area contributed by atoms with Crippen LogP contribution in [-0.2, 0) is 4.79 Å². The lowest BCUT2D eigenvalue weighted by Gasteiger charge is -1.96. The van der Waals surface area contributed by atoms with Gasteiger partial charge in [0, 0.05) is 23.8 Å². The summed E-state index contributed by atoms with van der Waals surface area (Å²) < 4.78 is 5.46. The molecule has 2 N–H and O–H groups in total. The van der Waals surface area contributed by atoms with E-state index in [-0.39, 0.29) is 5.69 Å². The molecule has 0 atom stereocenters. The standard InChI is InChI=1S/C13H10N2O4/c14-13(16)8-6-11-5-7-12(19-11)9-1-3-10(4-2-9)15(17)18/h1-8H,(H2,14,16). The van der Waals surface area contributed by atoms with E-state index in [9.17, 15) is 14.9 Å². The molecule has 2 aromatic rings. The van der Waals surface area contributed by atoms with Gasteiger partial charge in [-0.25, -0.2) is 0 Å². The molecule has 1 amide bonds. The summed E-state index contributed by atoms with van der Waals surface area (Å²) in [6.45, 7) is 0. The van der Waals surface area contributed by atoms with Crippen LogP contribution < -0.4 is 5.73 Å². The van der Waals surface area contributed by atoms with Gasteiger partial charge < -0.3 is 10.2 Å². The molecule has 6 nitrogen and oxygen atoms in total. The van der Waals surface area contributed by atoms with E-state index >= 15 is 0 Å². The zero-order chi connectivity index (χ0) is 13.8. The summed E-state index contributed by atoms with van der Waals surface area (Å²) in [5.74, 6) is 0.472. The van der Waals surface area contributed by atoms with Crippen LogP contribution in [0.15, 0.2) is 46.9 Å². The number of amides is 1. The van der Waals surface area contributed by atoms with Crippen molar-refractivity contribution >= 4 is 17.7 Å². The minimum atomic E-state index is -0.562. The van der Waals surface area contributed by atoms with Crippen LogP contribution >= 0.6 is 0 Å². The number of carbonyl (C=O) groups excluding carboxylic acids is 1. The van der Waals surface area contributed by atoms with Crippen LogP contribution in [0.4, 0.5) is 5.69 Å². The molecule has 1 aromatic carbocycles. The minimum Gasteiger partial charge on any atom is -0.457 e. The fourth-order valence-electron chi connectivity index (χ4n) is 1.51. The first-order valence-electron chi connectivity index (χ1n) is 5.38. The number of carbonyl (C=O) groups is 1. The van der Waals surface area contributed by atoms with Crippen molar-refractivity contribution in [3.05, 3.63) is 58.3 Å². The second-order valence-corrected chi connectivity index (χ2v) is 3.74. The van der Waals surface area contributed by atoms with Crippen molar-refractivity contribution in [3.8, 4) is 11.3 Å². The van der Waals surface area contributed by atoms with Gasteiger partial charge in [0.05, 0.1) is 4.92 Å². The number of hydrogen-bond donors (Lipinski definition) is 1. The van der Waals surface area contributed by atoms with Gasteiger partial charge in [-0.3, -0.25) is 14.9 Å². The molecule has 6 heteroatoms. The van der Waals surface area contributed by atoms with E-state index in [4.69, 9.17) is 10.2 Å². The predicted octanol–water partition coefficient (Wildman–Crippen LogP) is 2.35. The van der Waals surface area contributed by atoms with Crippen molar-refractivity contribution in [2.75, 3.05) is 0 Å². The Labute approximate surface area is 108 Å². The first-order valence-corrected chi connectivity index (χ1v) is 5.38. The monoisotopic (exact) mass is 258 g/mol. The Bertz CT molecular complexity index is 641.